The third-order valence-electron chi connectivity index (χ3n) is 2.70. The fourth-order valence-corrected chi connectivity index (χ4v) is 1.68. The second-order valence-corrected chi connectivity index (χ2v) is 4.41. The van der Waals surface area contributed by atoms with Gasteiger partial charge in [0, 0.05) is 11.1 Å². The number of aliphatic carboxylic acids is 1. The summed E-state index contributed by atoms with van der Waals surface area (Å²) in [4.78, 5) is 10.7. The van der Waals surface area contributed by atoms with Crippen molar-refractivity contribution in [2.75, 3.05) is 0 Å². The van der Waals surface area contributed by atoms with Gasteiger partial charge in [0.15, 0.2) is 0 Å². The topological polar surface area (TPSA) is 59.7 Å². The molecule has 4 nitrogen and oxygen atoms in total. The number of benzene rings is 1. The Labute approximate surface area is 123 Å². The number of carbonyl (C=O) groups is 1. The zero-order valence-corrected chi connectivity index (χ0v) is 11.3. The molecular formula is C15H11F3O4. The minimum atomic E-state index is -4.74. The summed E-state index contributed by atoms with van der Waals surface area (Å²) in [6, 6.07) is 8.34. The Morgan fingerprint density at radius 3 is 2.36 bits per heavy atom. The average Bonchev–Trinajstić information content (AvgIpc) is 2.86. The molecular weight excluding hydrogens is 301 g/mol. The van der Waals surface area contributed by atoms with Gasteiger partial charge in [-0.05, 0) is 49.4 Å². The minimum absolute atomic E-state index is 0.106. The maximum absolute atomic E-state index is 12.1. The molecule has 1 aromatic heterocycles. The van der Waals surface area contributed by atoms with Crippen LogP contribution >= 0.6 is 0 Å². The van der Waals surface area contributed by atoms with Crippen molar-refractivity contribution in [1.82, 2.24) is 0 Å². The van der Waals surface area contributed by atoms with E-state index in [0.717, 1.165) is 0 Å². The highest BCUT2D eigenvalue weighted by atomic mass is 19.4. The van der Waals surface area contributed by atoms with Crippen LogP contribution in [0.2, 0.25) is 0 Å². The summed E-state index contributed by atoms with van der Waals surface area (Å²) < 4.78 is 45.4. The molecule has 2 rings (SSSR count). The fourth-order valence-electron chi connectivity index (χ4n) is 1.68. The molecule has 0 aliphatic heterocycles. The third-order valence-corrected chi connectivity index (χ3v) is 2.70. The molecule has 0 aliphatic rings. The van der Waals surface area contributed by atoms with Gasteiger partial charge in [-0.15, -0.1) is 13.2 Å². The molecule has 1 N–H and O–H groups in total. The van der Waals surface area contributed by atoms with Gasteiger partial charge in [0.05, 0.1) is 0 Å². The number of furan rings is 1. The summed E-state index contributed by atoms with van der Waals surface area (Å²) in [5.74, 6) is -0.648. The number of hydrogen-bond acceptors (Lipinski definition) is 3. The molecule has 0 saturated heterocycles. The first kappa shape index (κ1) is 15.7. The quantitative estimate of drug-likeness (QED) is 0.854. The van der Waals surface area contributed by atoms with Crippen molar-refractivity contribution in [3.63, 3.8) is 0 Å². The summed E-state index contributed by atoms with van der Waals surface area (Å²) in [6.07, 6.45) is -3.38. The number of alkyl halides is 3. The Balaban J connectivity index is 2.18. The van der Waals surface area contributed by atoms with Crippen molar-refractivity contribution < 1.29 is 32.2 Å². The summed E-state index contributed by atoms with van der Waals surface area (Å²) >= 11 is 0. The van der Waals surface area contributed by atoms with Crippen molar-refractivity contribution in [3.05, 3.63) is 47.7 Å². The monoisotopic (exact) mass is 312 g/mol. The Morgan fingerprint density at radius 2 is 1.82 bits per heavy atom. The van der Waals surface area contributed by atoms with E-state index in [1.165, 1.54) is 37.3 Å². The number of hydrogen-bond donors (Lipinski definition) is 1. The van der Waals surface area contributed by atoms with Gasteiger partial charge < -0.3 is 14.3 Å². The third kappa shape index (κ3) is 4.15. The SMILES string of the molecule is C/C(=C\c1ccc(-c2ccc(OC(F)(F)F)cc2)o1)C(=O)O. The predicted octanol–water partition coefficient (Wildman–Crippen LogP) is 4.33. The molecule has 0 aliphatic carbocycles. The van der Waals surface area contributed by atoms with Gasteiger partial charge in [-0.2, -0.15) is 0 Å². The van der Waals surface area contributed by atoms with E-state index < -0.39 is 12.3 Å². The highest BCUT2D eigenvalue weighted by Crippen LogP contribution is 2.28. The zero-order valence-electron chi connectivity index (χ0n) is 11.3. The van der Waals surface area contributed by atoms with Crippen molar-refractivity contribution in [1.29, 1.82) is 0 Å². The largest absolute Gasteiger partial charge is 0.573 e. The molecule has 0 unspecified atom stereocenters. The van der Waals surface area contributed by atoms with Crippen LogP contribution in [0.4, 0.5) is 13.2 Å². The first-order chi connectivity index (χ1) is 10.2. The van der Waals surface area contributed by atoms with Crippen LogP contribution in [0.3, 0.4) is 0 Å². The van der Waals surface area contributed by atoms with E-state index in [9.17, 15) is 18.0 Å². The Morgan fingerprint density at radius 1 is 1.18 bits per heavy atom. The molecule has 0 radical (unpaired) electrons. The van der Waals surface area contributed by atoms with Gasteiger partial charge in [0.2, 0.25) is 0 Å². The van der Waals surface area contributed by atoms with Gasteiger partial charge in [-0.1, -0.05) is 0 Å². The van der Waals surface area contributed by atoms with Crippen LogP contribution in [0.1, 0.15) is 12.7 Å². The van der Waals surface area contributed by atoms with Gasteiger partial charge in [-0.25, -0.2) is 4.79 Å². The number of carboxylic acids is 1. The second-order valence-electron chi connectivity index (χ2n) is 4.41. The molecule has 7 heteroatoms. The molecule has 116 valence electrons. The van der Waals surface area contributed by atoms with Crippen LogP contribution in [0, 0.1) is 0 Å². The van der Waals surface area contributed by atoms with Crippen LogP contribution in [-0.4, -0.2) is 17.4 Å². The molecule has 0 atom stereocenters. The average molecular weight is 312 g/mol. The fraction of sp³-hybridized carbons (Fsp3) is 0.133. The van der Waals surface area contributed by atoms with Crippen molar-refractivity contribution >= 4 is 12.0 Å². The molecule has 1 aromatic carbocycles. The second kappa shape index (κ2) is 5.97. The molecule has 0 amide bonds. The van der Waals surface area contributed by atoms with Crippen molar-refractivity contribution in [2.45, 2.75) is 13.3 Å². The Bertz CT molecular complexity index is 696. The van der Waals surface area contributed by atoms with E-state index >= 15 is 0 Å². The standard InChI is InChI=1S/C15H11F3O4/c1-9(14(19)20)8-12-6-7-13(21-12)10-2-4-11(5-3-10)22-15(16,17)18/h2-8H,1H3,(H,19,20)/b9-8+. The highest BCUT2D eigenvalue weighted by Gasteiger charge is 2.30. The molecule has 0 fully saturated rings. The number of halogens is 3. The zero-order chi connectivity index (χ0) is 16.3. The maximum atomic E-state index is 12.1. The highest BCUT2D eigenvalue weighted by molar-refractivity contribution is 5.91. The van der Waals surface area contributed by atoms with Gasteiger partial charge >= 0.3 is 12.3 Å². The van der Waals surface area contributed by atoms with Crippen molar-refractivity contribution in [2.24, 2.45) is 0 Å². The summed E-state index contributed by atoms with van der Waals surface area (Å²) in [5.41, 5.74) is 0.650. The molecule has 2 aromatic rings. The number of ether oxygens (including phenoxy) is 1. The lowest BCUT2D eigenvalue weighted by atomic mass is 10.2. The first-order valence-corrected chi connectivity index (χ1v) is 6.12. The van der Waals surface area contributed by atoms with E-state index in [1.54, 1.807) is 12.1 Å². The molecule has 22 heavy (non-hydrogen) atoms. The van der Waals surface area contributed by atoms with Crippen LogP contribution in [-0.2, 0) is 4.79 Å². The lowest BCUT2D eigenvalue weighted by Gasteiger charge is -2.08. The van der Waals surface area contributed by atoms with Crippen LogP contribution in [0.25, 0.3) is 17.4 Å². The normalized spacial score (nSPS) is 12.3. The lowest BCUT2D eigenvalue weighted by molar-refractivity contribution is -0.274. The molecule has 0 saturated carbocycles. The summed E-state index contributed by atoms with van der Waals surface area (Å²) in [5, 5.41) is 8.77. The van der Waals surface area contributed by atoms with E-state index in [0.29, 0.717) is 17.1 Å². The van der Waals surface area contributed by atoms with Crippen molar-refractivity contribution in [3.8, 4) is 17.1 Å². The van der Waals surface area contributed by atoms with E-state index in [-0.39, 0.29) is 11.3 Å². The molecule has 0 spiro atoms. The van der Waals surface area contributed by atoms with Gasteiger partial charge in [-0.3, -0.25) is 0 Å². The summed E-state index contributed by atoms with van der Waals surface area (Å²) in [6.45, 7) is 1.42. The van der Waals surface area contributed by atoms with Crippen LogP contribution < -0.4 is 4.74 Å². The van der Waals surface area contributed by atoms with Crippen LogP contribution in [0.15, 0.2) is 46.4 Å². The smallest absolute Gasteiger partial charge is 0.478 e. The van der Waals surface area contributed by atoms with E-state index in [2.05, 4.69) is 4.74 Å². The number of rotatable bonds is 4. The first-order valence-electron chi connectivity index (χ1n) is 6.12. The predicted molar refractivity (Wildman–Crippen MR) is 72.1 cm³/mol. The molecule has 0 bridgehead atoms. The molecule has 1 heterocycles. The minimum Gasteiger partial charge on any atom is -0.478 e. The lowest BCUT2D eigenvalue weighted by Crippen LogP contribution is -2.16. The Kier molecular flexibility index (Phi) is 4.25. The van der Waals surface area contributed by atoms with E-state index in [4.69, 9.17) is 9.52 Å². The van der Waals surface area contributed by atoms with Crippen LogP contribution in [0.5, 0.6) is 5.75 Å². The van der Waals surface area contributed by atoms with E-state index in [1.807, 2.05) is 0 Å². The maximum Gasteiger partial charge on any atom is 0.573 e. The summed E-state index contributed by atoms with van der Waals surface area (Å²) in [7, 11) is 0. The number of carboxylic acid groups (broad SMARTS) is 1. The Hall–Kier alpha value is -2.70. The van der Waals surface area contributed by atoms with Gasteiger partial charge in [0.1, 0.15) is 17.3 Å². The van der Waals surface area contributed by atoms with Gasteiger partial charge in [0.25, 0.3) is 0 Å².